The number of aromatic nitrogens is 2. The molecule has 1 aromatic carbocycles. The summed E-state index contributed by atoms with van der Waals surface area (Å²) in [7, 11) is -3.31. The second-order valence-electron chi connectivity index (χ2n) is 6.02. The minimum atomic E-state index is -3.31. The van der Waals surface area contributed by atoms with Crippen LogP contribution in [0.25, 0.3) is 22.0 Å². The number of benzene rings is 1. The van der Waals surface area contributed by atoms with Gasteiger partial charge in [0.25, 0.3) is 0 Å². The maximum absolute atomic E-state index is 11.5. The van der Waals surface area contributed by atoms with Crippen LogP contribution in [0.4, 0.5) is 5.69 Å². The zero-order valence-electron chi connectivity index (χ0n) is 13.6. The Hall–Kier alpha value is -2.05. The van der Waals surface area contributed by atoms with E-state index in [4.69, 9.17) is 11.6 Å². The van der Waals surface area contributed by atoms with E-state index in [0.29, 0.717) is 10.8 Å². The molecule has 0 saturated carbocycles. The highest BCUT2D eigenvalue weighted by Crippen LogP contribution is 2.34. The molecule has 0 fully saturated rings. The number of anilines is 1. The van der Waals surface area contributed by atoms with E-state index in [-0.39, 0.29) is 6.04 Å². The molecule has 2 aromatic heterocycles. The summed E-state index contributed by atoms with van der Waals surface area (Å²) in [5.74, 6) is 0. The number of halogens is 1. The largest absolute Gasteiger partial charge is 0.344 e. The van der Waals surface area contributed by atoms with Gasteiger partial charge < -0.3 is 4.57 Å². The Bertz CT molecular complexity index is 993. The maximum Gasteiger partial charge on any atom is 0.229 e. The second-order valence-corrected chi connectivity index (χ2v) is 8.16. The topological polar surface area (TPSA) is 64.0 Å². The van der Waals surface area contributed by atoms with Crippen LogP contribution in [0.3, 0.4) is 0 Å². The van der Waals surface area contributed by atoms with Crippen molar-refractivity contribution in [3.8, 4) is 11.1 Å². The fourth-order valence-electron chi connectivity index (χ4n) is 2.72. The third-order valence-corrected chi connectivity index (χ3v) is 4.56. The number of rotatable bonds is 4. The van der Waals surface area contributed by atoms with Gasteiger partial charge in [0.15, 0.2) is 0 Å². The van der Waals surface area contributed by atoms with Crippen LogP contribution in [0.15, 0.2) is 42.7 Å². The molecule has 0 radical (unpaired) electrons. The van der Waals surface area contributed by atoms with E-state index in [0.717, 1.165) is 28.3 Å². The van der Waals surface area contributed by atoms with E-state index in [9.17, 15) is 8.42 Å². The Balaban J connectivity index is 2.20. The van der Waals surface area contributed by atoms with E-state index in [2.05, 4.69) is 34.3 Å². The maximum atomic E-state index is 11.5. The highest BCUT2D eigenvalue weighted by atomic mass is 35.5. The monoisotopic (exact) mass is 363 g/mol. The molecule has 126 valence electrons. The fraction of sp³-hybridized carbons (Fsp3) is 0.235. The van der Waals surface area contributed by atoms with Gasteiger partial charge in [-0.2, -0.15) is 0 Å². The van der Waals surface area contributed by atoms with Gasteiger partial charge in [0.05, 0.1) is 17.5 Å². The van der Waals surface area contributed by atoms with Gasteiger partial charge in [0, 0.05) is 34.9 Å². The third-order valence-electron chi connectivity index (χ3n) is 3.73. The van der Waals surface area contributed by atoms with Gasteiger partial charge in [-0.3, -0.25) is 4.72 Å². The molecule has 0 bridgehead atoms. The first kappa shape index (κ1) is 16.8. The molecular weight excluding hydrogens is 346 g/mol. The summed E-state index contributed by atoms with van der Waals surface area (Å²) in [6.45, 7) is 4.17. The highest BCUT2D eigenvalue weighted by molar-refractivity contribution is 7.92. The number of fused-ring (bicyclic) bond motifs is 1. The van der Waals surface area contributed by atoms with E-state index in [1.165, 1.54) is 0 Å². The van der Waals surface area contributed by atoms with E-state index < -0.39 is 10.0 Å². The number of sulfonamides is 1. The van der Waals surface area contributed by atoms with Crippen molar-refractivity contribution in [2.75, 3.05) is 11.0 Å². The van der Waals surface area contributed by atoms with E-state index >= 15 is 0 Å². The van der Waals surface area contributed by atoms with Crippen molar-refractivity contribution in [2.24, 2.45) is 0 Å². The highest BCUT2D eigenvalue weighted by Gasteiger charge is 2.14. The van der Waals surface area contributed by atoms with Crippen LogP contribution >= 0.6 is 11.6 Å². The van der Waals surface area contributed by atoms with Crippen LogP contribution in [0.2, 0.25) is 5.15 Å². The number of hydrogen-bond acceptors (Lipinski definition) is 3. The van der Waals surface area contributed by atoms with Crippen LogP contribution < -0.4 is 4.72 Å². The van der Waals surface area contributed by atoms with Crippen LogP contribution in [0, 0.1) is 0 Å². The molecule has 0 unspecified atom stereocenters. The van der Waals surface area contributed by atoms with Gasteiger partial charge in [0.1, 0.15) is 5.15 Å². The first-order valence-corrected chi connectivity index (χ1v) is 9.76. The lowest BCUT2D eigenvalue weighted by molar-refractivity contribution is 0.607. The molecule has 5 nitrogen and oxygen atoms in total. The first-order chi connectivity index (χ1) is 11.2. The first-order valence-electron chi connectivity index (χ1n) is 7.49. The minimum Gasteiger partial charge on any atom is -0.344 e. The summed E-state index contributed by atoms with van der Waals surface area (Å²) < 4.78 is 27.6. The lowest BCUT2D eigenvalue weighted by Gasteiger charge is -2.10. The molecule has 0 amide bonds. The van der Waals surface area contributed by atoms with Gasteiger partial charge in [-0.1, -0.05) is 17.7 Å². The molecule has 0 atom stereocenters. The average molecular weight is 364 g/mol. The van der Waals surface area contributed by atoms with Gasteiger partial charge in [-0.05, 0) is 38.1 Å². The van der Waals surface area contributed by atoms with Gasteiger partial charge >= 0.3 is 0 Å². The van der Waals surface area contributed by atoms with Crippen molar-refractivity contribution in [3.05, 3.63) is 47.9 Å². The zero-order chi connectivity index (χ0) is 17.5. The molecule has 1 N–H and O–H groups in total. The molecule has 0 aliphatic heterocycles. The zero-order valence-corrected chi connectivity index (χ0v) is 15.2. The van der Waals surface area contributed by atoms with Gasteiger partial charge in [-0.25, -0.2) is 13.4 Å². The summed E-state index contributed by atoms with van der Waals surface area (Å²) in [5, 5.41) is 1.48. The second kappa shape index (κ2) is 6.11. The lowest BCUT2D eigenvalue weighted by atomic mass is 10.1. The Morgan fingerprint density at radius 1 is 1.21 bits per heavy atom. The number of pyridine rings is 1. The normalized spacial score (nSPS) is 12.0. The number of nitrogens with one attached hydrogen (secondary N) is 1. The minimum absolute atomic E-state index is 0.231. The predicted octanol–water partition coefficient (Wildman–Crippen LogP) is 4.31. The summed E-state index contributed by atoms with van der Waals surface area (Å²) >= 11 is 5.87. The summed E-state index contributed by atoms with van der Waals surface area (Å²) in [5.41, 5.74) is 3.51. The third kappa shape index (κ3) is 3.39. The SMILES string of the molecule is CC(C)n1cc(-c2ccc(Cl)nc2)c2ccc(NS(C)(=O)=O)cc21. The molecular formula is C17H18ClN3O2S. The summed E-state index contributed by atoms with van der Waals surface area (Å²) in [6.07, 6.45) is 4.94. The molecule has 7 heteroatoms. The average Bonchev–Trinajstić information content (AvgIpc) is 2.85. The molecule has 2 heterocycles. The van der Waals surface area contributed by atoms with Crippen LogP contribution in [-0.4, -0.2) is 24.2 Å². The van der Waals surface area contributed by atoms with Gasteiger partial charge in [0.2, 0.25) is 10.0 Å². The fourth-order valence-corrected chi connectivity index (χ4v) is 3.39. The molecule has 0 spiro atoms. The van der Waals surface area contributed by atoms with E-state index in [1.807, 2.05) is 18.2 Å². The molecule has 0 saturated heterocycles. The van der Waals surface area contributed by atoms with Crippen molar-refractivity contribution < 1.29 is 8.42 Å². The standard InChI is InChI=1S/C17H18ClN3O2S/c1-11(2)21-10-15(12-4-7-17(18)19-9-12)14-6-5-13(8-16(14)21)20-24(3,22)23/h4-11,20H,1-3H3. The Morgan fingerprint density at radius 3 is 2.54 bits per heavy atom. The number of nitrogens with zero attached hydrogens (tertiary/aromatic N) is 2. The van der Waals surface area contributed by atoms with Crippen molar-refractivity contribution in [1.82, 2.24) is 9.55 Å². The Kier molecular flexibility index (Phi) is 4.27. The van der Waals surface area contributed by atoms with Crippen molar-refractivity contribution in [2.45, 2.75) is 19.9 Å². The molecule has 24 heavy (non-hydrogen) atoms. The summed E-state index contributed by atoms with van der Waals surface area (Å²) in [4.78, 5) is 4.15. The van der Waals surface area contributed by atoms with Crippen molar-refractivity contribution >= 4 is 38.2 Å². The predicted molar refractivity (Wildman–Crippen MR) is 99.0 cm³/mol. The van der Waals surface area contributed by atoms with Crippen molar-refractivity contribution in [3.63, 3.8) is 0 Å². The van der Waals surface area contributed by atoms with Crippen LogP contribution in [0.5, 0.6) is 0 Å². The molecule has 0 aliphatic rings. The quantitative estimate of drug-likeness (QED) is 0.702. The van der Waals surface area contributed by atoms with Crippen LogP contribution in [-0.2, 0) is 10.0 Å². The Labute approximate surface area is 146 Å². The molecule has 3 rings (SSSR count). The Morgan fingerprint density at radius 2 is 1.96 bits per heavy atom. The lowest BCUT2D eigenvalue weighted by Crippen LogP contribution is -2.09. The van der Waals surface area contributed by atoms with E-state index in [1.54, 1.807) is 18.3 Å². The van der Waals surface area contributed by atoms with Gasteiger partial charge in [-0.15, -0.1) is 0 Å². The summed E-state index contributed by atoms with van der Waals surface area (Å²) in [6, 6.07) is 9.46. The van der Waals surface area contributed by atoms with Crippen molar-refractivity contribution in [1.29, 1.82) is 0 Å². The smallest absolute Gasteiger partial charge is 0.229 e. The molecule has 0 aliphatic carbocycles. The number of hydrogen-bond donors (Lipinski definition) is 1. The molecule has 3 aromatic rings. The van der Waals surface area contributed by atoms with Crippen LogP contribution in [0.1, 0.15) is 19.9 Å².